The highest BCUT2D eigenvalue weighted by atomic mass is 31.2. The first-order valence-corrected chi connectivity index (χ1v) is 23.1. The highest BCUT2D eigenvalue weighted by molar-refractivity contribution is 7.47. The number of esters is 2. The van der Waals surface area contributed by atoms with Gasteiger partial charge in [0.2, 0.25) is 0 Å². The molecule has 1 unspecified atom stereocenters. The molecular formula is C44H79O10P. The van der Waals surface area contributed by atoms with E-state index in [1.165, 1.54) is 70.6 Å². The van der Waals surface area contributed by atoms with Crippen molar-refractivity contribution in [2.24, 2.45) is 0 Å². The van der Waals surface area contributed by atoms with E-state index >= 15 is 0 Å². The highest BCUT2D eigenvalue weighted by Crippen LogP contribution is 2.43. The minimum absolute atomic E-state index is 0.163. The third kappa shape index (κ3) is 39.9. The smallest absolute Gasteiger partial charge is 0.462 e. The van der Waals surface area contributed by atoms with Crippen molar-refractivity contribution in [1.82, 2.24) is 0 Å². The van der Waals surface area contributed by atoms with Crippen molar-refractivity contribution in [3.63, 3.8) is 0 Å². The molecule has 320 valence electrons. The van der Waals surface area contributed by atoms with Crippen LogP contribution in [-0.2, 0) is 32.7 Å². The second-order valence-corrected chi connectivity index (χ2v) is 15.8. The van der Waals surface area contributed by atoms with E-state index in [4.69, 9.17) is 19.1 Å². The number of hydrogen-bond donors (Lipinski definition) is 3. The van der Waals surface area contributed by atoms with E-state index < -0.39 is 51.8 Å². The van der Waals surface area contributed by atoms with Gasteiger partial charge in [0.25, 0.3) is 0 Å². The Labute approximate surface area is 334 Å². The van der Waals surface area contributed by atoms with Crippen LogP contribution in [0, 0.1) is 0 Å². The molecule has 0 rings (SSSR count). The molecule has 0 aliphatic carbocycles. The summed E-state index contributed by atoms with van der Waals surface area (Å²) in [6.45, 7) is 2.23. The summed E-state index contributed by atoms with van der Waals surface area (Å²) in [7, 11) is -4.62. The molecule has 0 bridgehead atoms. The van der Waals surface area contributed by atoms with Gasteiger partial charge in [-0.05, 0) is 70.6 Å². The Kier molecular flexibility index (Phi) is 38.6. The van der Waals surface area contributed by atoms with Crippen LogP contribution in [-0.4, -0.2) is 65.7 Å². The summed E-state index contributed by atoms with van der Waals surface area (Å²) in [5.74, 6) is -0.947. The topological polar surface area (TPSA) is 149 Å². The monoisotopic (exact) mass is 799 g/mol. The maximum absolute atomic E-state index is 12.6. The van der Waals surface area contributed by atoms with Crippen molar-refractivity contribution < 1.29 is 47.8 Å². The van der Waals surface area contributed by atoms with Gasteiger partial charge in [-0.15, -0.1) is 0 Å². The van der Waals surface area contributed by atoms with Gasteiger partial charge < -0.3 is 24.6 Å². The molecule has 0 saturated heterocycles. The predicted octanol–water partition coefficient (Wildman–Crippen LogP) is 11.3. The molecule has 3 N–H and O–H groups in total. The molecule has 0 heterocycles. The lowest BCUT2D eigenvalue weighted by atomic mass is 10.1. The van der Waals surface area contributed by atoms with Gasteiger partial charge in [-0.25, -0.2) is 4.57 Å². The molecule has 0 aliphatic heterocycles. The minimum atomic E-state index is -4.62. The number of ether oxygens (including phenoxy) is 2. The zero-order valence-electron chi connectivity index (χ0n) is 34.6. The number of carbonyl (C=O) groups is 2. The number of rotatable bonds is 40. The number of aliphatic hydroxyl groups excluding tert-OH is 2. The lowest BCUT2D eigenvalue weighted by Crippen LogP contribution is -2.29. The zero-order chi connectivity index (χ0) is 40.5. The summed E-state index contributed by atoms with van der Waals surface area (Å²) in [4.78, 5) is 35.0. The summed E-state index contributed by atoms with van der Waals surface area (Å²) in [6.07, 6.45) is 42.2. The second-order valence-electron chi connectivity index (χ2n) is 14.3. The first-order valence-electron chi connectivity index (χ1n) is 21.6. The molecular weight excluding hydrogens is 719 g/mol. The third-order valence-corrected chi connectivity index (χ3v) is 9.92. The Balaban J connectivity index is 4.31. The second kappa shape index (κ2) is 40.1. The Morgan fingerprint density at radius 2 is 1.00 bits per heavy atom. The normalized spacial score (nSPS) is 14.3. The number of allylic oxidation sites excluding steroid dienone is 8. The highest BCUT2D eigenvalue weighted by Gasteiger charge is 2.27. The number of unbranched alkanes of at least 4 members (excludes halogenated alkanes) is 18. The average molecular weight is 799 g/mol. The molecule has 10 nitrogen and oxygen atoms in total. The quantitative estimate of drug-likeness (QED) is 0.0237. The van der Waals surface area contributed by atoms with Crippen LogP contribution in [0.4, 0.5) is 0 Å². The van der Waals surface area contributed by atoms with Crippen molar-refractivity contribution in [1.29, 1.82) is 0 Å². The third-order valence-electron chi connectivity index (χ3n) is 8.97. The van der Waals surface area contributed by atoms with E-state index in [9.17, 15) is 24.2 Å². The molecule has 0 spiro atoms. The Hall–Kier alpha value is -2.07. The van der Waals surface area contributed by atoms with Crippen molar-refractivity contribution in [3.8, 4) is 0 Å². The molecule has 0 amide bonds. The summed E-state index contributed by atoms with van der Waals surface area (Å²) in [6, 6.07) is 0. The standard InChI is InChI=1S/C44H79O10P/c1-3-5-7-9-11-13-15-17-19-20-22-23-25-27-29-31-33-35-43(47)51-39-42(40-53-55(49,50)52-38-41(46)37-45)54-44(48)36-34-32-30-28-26-24-21-18-16-14-12-10-8-6-4-2/h6,8,12-15,18,21,41-42,45-46H,3-5,7,9-11,16-17,19-20,22-40H2,1-2H3,(H,49,50)/b8-6+,14-12+,15-13+,21-18+/t41-,42+/m0/s1. The van der Waals surface area contributed by atoms with Gasteiger partial charge in [0, 0.05) is 12.8 Å². The Morgan fingerprint density at radius 1 is 0.564 bits per heavy atom. The fraction of sp³-hybridized carbons (Fsp3) is 0.773. The van der Waals surface area contributed by atoms with Crippen LogP contribution >= 0.6 is 7.82 Å². The molecule has 0 aromatic heterocycles. The first kappa shape index (κ1) is 52.9. The number of hydrogen-bond acceptors (Lipinski definition) is 9. The van der Waals surface area contributed by atoms with Crippen LogP contribution in [0.15, 0.2) is 48.6 Å². The summed E-state index contributed by atoms with van der Waals surface area (Å²) < 4.78 is 32.7. The molecule has 0 saturated carbocycles. The van der Waals surface area contributed by atoms with Gasteiger partial charge in [0.15, 0.2) is 6.10 Å². The minimum Gasteiger partial charge on any atom is -0.462 e. The number of aliphatic hydroxyl groups is 2. The van der Waals surface area contributed by atoms with E-state index in [1.807, 2.05) is 0 Å². The van der Waals surface area contributed by atoms with Gasteiger partial charge >= 0.3 is 19.8 Å². The molecule has 0 aromatic carbocycles. The SMILES string of the molecule is CC/C=C/C/C=C/C/C=C/CCCCCCCC(=O)O[C@H](COC(=O)CCCCCCCCCCC/C=C/CCCCCC)COP(=O)(O)OC[C@@H](O)CO. The van der Waals surface area contributed by atoms with Crippen LogP contribution in [0.1, 0.15) is 181 Å². The zero-order valence-corrected chi connectivity index (χ0v) is 35.5. The van der Waals surface area contributed by atoms with Crippen LogP contribution in [0.5, 0.6) is 0 Å². The summed E-state index contributed by atoms with van der Waals surface area (Å²) in [5, 5.41) is 18.3. The molecule has 0 aliphatic rings. The largest absolute Gasteiger partial charge is 0.472 e. The summed E-state index contributed by atoms with van der Waals surface area (Å²) >= 11 is 0. The van der Waals surface area contributed by atoms with Gasteiger partial charge in [-0.1, -0.05) is 146 Å². The van der Waals surface area contributed by atoms with Crippen LogP contribution < -0.4 is 0 Å². The van der Waals surface area contributed by atoms with E-state index in [0.717, 1.165) is 70.6 Å². The van der Waals surface area contributed by atoms with Gasteiger partial charge in [0.05, 0.1) is 19.8 Å². The van der Waals surface area contributed by atoms with Crippen molar-refractivity contribution >= 4 is 19.8 Å². The van der Waals surface area contributed by atoms with E-state index in [2.05, 4.69) is 67.0 Å². The molecule has 11 heteroatoms. The Morgan fingerprint density at radius 3 is 1.53 bits per heavy atom. The molecule has 0 aromatic rings. The maximum atomic E-state index is 12.6. The molecule has 0 radical (unpaired) electrons. The van der Waals surface area contributed by atoms with Gasteiger partial charge in [-0.2, -0.15) is 0 Å². The fourth-order valence-corrected chi connectivity index (χ4v) is 6.44. The van der Waals surface area contributed by atoms with Gasteiger partial charge in [-0.3, -0.25) is 18.6 Å². The number of carbonyl (C=O) groups excluding carboxylic acids is 2. The lowest BCUT2D eigenvalue weighted by Gasteiger charge is -2.20. The number of phosphoric acid groups is 1. The fourth-order valence-electron chi connectivity index (χ4n) is 5.65. The van der Waals surface area contributed by atoms with E-state index in [-0.39, 0.29) is 19.4 Å². The first-order chi connectivity index (χ1) is 26.7. The molecule has 3 atom stereocenters. The molecule has 0 fully saturated rings. The van der Waals surface area contributed by atoms with E-state index in [0.29, 0.717) is 12.8 Å². The van der Waals surface area contributed by atoms with Crippen molar-refractivity contribution in [2.45, 2.75) is 193 Å². The number of phosphoric ester groups is 1. The van der Waals surface area contributed by atoms with Gasteiger partial charge in [0.1, 0.15) is 12.7 Å². The van der Waals surface area contributed by atoms with E-state index in [1.54, 1.807) is 0 Å². The van der Waals surface area contributed by atoms with Crippen molar-refractivity contribution in [2.75, 3.05) is 26.4 Å². The summed E-state index contributed by atoms with van der Waals surface area (Å²) in [5.41, 5.74) is 0. The Bertz CT molecular complexity index is 1060. The average Bonchev–Trinajstić information content (AvgIpc) is 3.17. The molecule has 55 heavy (non-hydrogen) atoms. The lowest BCUT2D eigenvalue weighted by molar-refractivity contribution is -0.161. The van der Waals surface area contributed by atoms with Crippen LogP contribution in [0.2, 0.25) is 0 Å². The van der Waals surface area contributed by atoms with Crippen LogP contribution in [0.25, 0.3) is 0 Å². The maximum Gasteiger partial charge on any atom is 0.472 e. The van der Waals surface area contributed by atoms with Crippen molar-refractivity contribution in [3.05, 3.63) is 48.6 Å². The van der Waals surface area contributed by atoms with Crippen LogP contribution in [0.3, 0.4) is 0 Å². The predicted molar refractivity (Wildman–Crippen MR) is 224 cm³/mol.